The fourth-order valence-corrected chi connectivity index (χ4v) is 4.44. The Morgan fingerprint density at radius 1 is 1.15 bits per heavy atom. The second-order valence-electron chi connectivity index (χ2n) is 8.93. The summed E-state index contributed by atoms with van der Waals surface area (Å²) in [4.78, 5) is 28.7. The van der Waals surface area contributed by atoms with Gasteiger partial charge >= 0.3 is 5.97 Å². The standard InChI is InChI=1S/C27H28FN7O5/c1-2-30-27(29)34-23-21-24(32-14-31-23)35(15-33-21)13-20-19(39-26(40-20)16-7-4-3-5-8-16)11-12-38-22-17(25(36)37)9-6-10-18(22)28/h3-10,14-15,19-20,26H,2,11-13H2,1H3,(H,36,37)(H3,29,30,31,32,34)/t19?,20?,26-/m0/s1. The van der Waals surface area contributed by atoms with Gasteiger partial charge in [0.05, 0.1) is 25.6 Å². The van der Waals surface area contributed by atoms with E-state index in [9.17, 15) is 14.3 Å². The minimum absolute atomic E-state index is 0.00417. The van der Waals surface area contributed by atoms with Crippen molar-refractivity contribution >= 4 is 28.9 Å². The van der Waals surface area contributed by atoms with Crippen LogP contribution in [0.2, 0.25) is 0 Å². The van der Waals surface area contributed by atoms with E-state index < -0.39 is 30.3 Å². The largest absolute Gasteiger partial charge is 0.489 e. The van der Waals surface area contributed by atoms with Crippen LogP contribution >= 0.6 is 0 Å². The molecule has 2 aromatic carbocycles. The molecule has 0 saturated carbocycles. The Balaban J connectivity index is 1.35. The zero-order chi connectivity index (χ0) is 28.1. The summed E-state index contributed by atoms with van der Waals surface area (Å²) in [6, 6.07) is 13.3. The summed E-state index contributed by atoms with van der Waals surface area (Å²) >= 11 is 0. The minimum atomic E-state index is -1.28. The number of aromatic nitrogens is 4. The van der Waals surface area contributed by atoms with E-state index in [4.69, 9.17) is 19.9 Å². The molecule has 2 unspecified atom stereocenters. The topological polar surface area (TPSA) is 159 Å². The maximum atomic E-state index is 14.3. The van der Waals surface area contributed by atoms with Gasteiger partial charge in [-0.1, -0.05) is 36.4 Å². The van der Waals surface area contributed by atoms with Crippen molar-refractivity contribution in [1.82, 2.24) is 19.5 Å². The Kier molecular flexibility index (Phi) is 8.12. The fraction of sp³-hybridized carbons (Fsp3) is 0.296. The molecule has 0 spiro atoms. The number of anilines is 1. The summed E-state index contributed by atoms with van der Waals surface area (Å²) in [5, 5.41) is 12.3. The van der Waals surface area contributed by atoms with Gasteiger partial charge < -0.3 is 34.9 Å². The molecular formula is C27H28FN7O5. The van der Waals surface area contributed by atoms with E-state index in [1.165, 1.54) is 18.5 Å². The molecule has 4 aromatic rings. The number of fused-ring (bicyclic) bond motifs is 1. The third-order valence-corrected chi connectivity index (χ3v) is 6.28. The van der Waals surface area contributed by atoms with Crippen molar-refractivity contribution in [3.8, 4) is 5.75 Å². The first-order valence-corrected chi connectivity index (χ1v) is 12.7. The number of imidazole rings is 1. The lowest BCUT2D eigenvalue weighted by Crippen LogP contribution is -2.29. The predicted octanol–water partition coefficient (Wildman–Crippen LogP) is 3.36. The van der Waals surface area contributed by atoms with Crippen molar-refractivity contribution in [2.24, 2.45) is 10.7 Å². The van der Waals surface area contributed by atoms with Crippen LogP contribution in [0.4, 0.5) is 10.2 Å². The monoisotopic (exact) mass is 549 g/mol. The first kappa shape index (κ1) is 27.0. The number of halogens is 1. The van der Waals surface area contributed by atoms with Gasteiger partial charge in [-0.05, 0) is 19.1 Å². The predicted molar refractivity (Wildman–Crippen MR) is 144 cm³/mol. The first-order valence-electron chi connectivity index (χ1n) is 12.7. The van der Waals surface area contributed by atoms with Crippen molar-refractivity contribution in [3.05, 3.63) is 78.1 Å². The molecule has 0 radical (unpaired) electrons. The number of rotatable bonds is 10. The summed E-state index contributed by atoms with van der Waals surface area (Å²) in [5.74, 6) is -1.69. The van der Waals surface area contributed by atoms with Crippen LogP contribution in [-0.2, 0) is 16.0 Å². The van der Waals surface area contributed by atoms with Gasteiger partial charge in [0.25, 0.3) is 0 Å². The van der Waals surface area contributed by atoms with Gasteiger partial charge in [0, 0.05) is 18.5 Å². The van der Waals surface area contributed by atoms with Gasteiger partial charge in [-0.25, -0.2) is 24.1 Å². The van der Waals surface area contributed by atoms with Crippen LogP contribution in [0.1, 0.15) is 35.6 Å². The molecule has 4 N–H and O–H groups in total. The molecule has 12 nitrogen and oxygen atoms in total. The second-order valence-corrected chi connectivity index (χ2v) is 8.93. The molecule has 1 saturated heterocycles. The summed E-state index contributed by atoms with van der Waals surface area (Å²) in [6.07, 6.45) is 1.79. The lowest BCUT2D eigenvalue weighted by molar-refractivity contribution is -0.0714. The highest BCUT2D eigenvalue weighted by molar-refractivity contribution is 5.97. The van der Waals surface area contributed by atoms with Gasteiger partial charge in [0.2, 0.25) is 0 Å². The van der Waals surface area contributed by atoms with E-state index in [-0.39, 0.29) is 23.9 Å². The molecule has 0 aliphatic carbocycles. The van der Waals surface area contributed by atoms with Gasteiger partial charge in [-0.3, -0.25) is 4.99 Å². The number of nitrogens with zero attached hydrogens (tertiary/aromatic N) is 5. The molecule has 0 bridgehead atoms. The SMILES string of the molecule is CCN=C(N)Nc1ncnc2c1ncn2CC1O[C@@H](c2ccccc2)OC1CCOc1c(F)cccc1C(=O)O. The van der Waals surface area contributed by atoms with E-state index >= 15 is 0 Å². The fourth-order valence-electron chi connectivity index (χ4n) is 4.44. The number of benzene rings is 2. The number of para-hydroxylation sites is 1. The second kappa shape index (κ2) is 12.1. The number of carboxylic acids is 1. The normalized spacial score (nSPS) is 19.1. The van der Waals surface area contributed by atoms with Crippen molar-refractivity contribution < 1.29 is 28.5 Å². The first-order chi connectivity index (χ1) is 19.4. The number of hydrogen-bond acceptors (Lipinski definition) is 8. The number of aliphatic imine (C=N–C) groups is 1. The average Bonchev–Trinajstić information content (AvgIpc) is 3.55. The zero-order valence-electron chi connectivity index (χ0n) is 21.6. The number of carboxylic acid groups (broad SMARTS) is 1. The van der Waals surface area contributed by atoms with Crippen molar-refractivity contribution in [2.45, 2.75) is 38.4 Å². The molecule has 13 heteroatoms. The number of ether oxygens (including phenoxy) is 3. The molecule has 40 heavy (non-hydrogen) atoms. The van der Waals surface area contributed by atoms with E-state index in [0.717, 1.165) is 11.6 Å². The van der Waals surface area contributed by atoms with Gasteiger partial charge in [0.15, 0.2) is 40.8 Å². The highest BCUT2D eigenvalue weighted by atomic mass is 19.1. The van der Waals surface area contributed by atoms with Crippen LogP contribution in [0, 0.1) is 5.82 Å². The Labute approximate surface area is 228 Å². The highest BCUT2D eigenvalue weighted by Gasteiger charge is 2.37. The maximum Gasteiger partial charge on any atom is 0.339 e. The van der Waals surface area contributed by atoms with Crippen molar-refractivity contribution in [3.63, 3.8) is 0 Å². The summed E-state index contributed by atoms with van der Waals surface area (Å²) < 4.78 is 34.3. The van der Waals surface area contributed by atoms with Crippen molar-refractivity contribution in [2.75, 3.05) is 18.5 Å². The number of hydrogen-bond donors (Lipinski definition) is 3. The van der Waals surface area contributed by atoms with Crippen LogP contribution in [-0.4, -0.2) is 61.9 Å². The van der Waals surface area contributed by atoms with Gasteiger partial charge in [-0.2, -0.15) is 0 Å². The highest BCUT2D eigenvalue weighted by Crippen LogP contribution is 2.34. The van der Waals surface area contributed by atoms with Crippen LogP contribution < -0.4 is 15.8 Å². The van der Waals surface area contributed by atoms with E-state index in [0.29, 0.717) is 36.5 Å². The van der Waals surface area contributed by atoms with Crippen molar-refractivity contribution in [1.29, 1.82) is 0 Å². The summed E-state index contributed by atoms with van der Waals surface area (Å²) in [6.45, 7) is 2.72. The molecule has 3 heterocycles. The molecule has 1 aliphatic heterocycles. The minimum Gasteiger partial charge on any atom is -0.489 e. The number of carbonyl (C=O) groups is 1. The summed E-state index contributed by atoms with van der Waals surface area (Å²) in [5.41, 5.74) is 7.56. The number of aromatic carboxylic acids is 1. The van der Waals surface area contributed by atoms with E-state index in [1.54, 1.807) is 6.33 Å². The third kappa shape index (κ3) is 5.84. The molecule has 3 atom stereocenters. The quantitative estimate of drug-likeness (QED) is 0.198. The molecule has 5 rings (SSSR count). The number of guanidine groups is 1. The Hall–Kier alpha value is -4.62. The molecular weight excluding hydrogens is 521 g/mol. The summed E-state index contributed by atoms with van der Waals surface area (Å²) in [7, 11) is 0. The zero-order valence-corrected chi connectivity index (χ0v) is 21.6. The van der Waals surface area contributed by atoms with E-state index in [1.807, 2.05) is 41.8 Å². The maximum absolute atomic E-state index is 14.3. The molecule has 208 valence electrons. The molecule has 1 aliphatic rings. The lowest BCUT2D eigenvalue weighted by Gasteiger charge is -2.18. The molecule has 2 aromatic heterocycles. The smallest absolute Gasteiger partial charge is 0.339 e. The molecule has 0 amide bonds. The molecule has 1 fully saturated rings. The van der Waals surface area contributed by atoms with E-state index in [2.05, 4.69) is 25.3 Å². The van der Waals surface area contributed by atoms with Gasteiger partial charge in [-0.15, -0.1) is 0 Å². The number of nitrogens with one attached hydrogen (secondary N) is 1. The van der Waals surface area contributed by atoms with Gasteiger partial charge in [0.1, 0.15) is 18.0 Å². The van der Waals surface area contributed by atoms with Crippen LogP contribution in [0.15, 0.2) is 66.2 Å². The Morgan fingerprint density at radius 3 is 2.73 bits per heavy atom. The average molecular weight is 550 g/mol. The Morgan fingerprint density at radius 2 is 1.95 bits per heavy atom. The van der Waals surface area contributed by atoms with Crippen LogP contribution in [0.3, 0.4) is 0 Å². The third-order valence-electron chi connectivity index (χ3n) is 6.28. The van der Waals surface area contributed by atoms with Crippen LogP contribution in [0.25, 0.3) is 11.2 Å². The Bertz CT molecular complexity index is 1510. The number of nitrogens with two attached hydrogens (primary N) is 1. The lowest BCUT2D eigenvalue weighted by atomic mass is 10.1. The van der Waals surface area contributed by atoms with Crippen LogP contribution in [0.5, 0.6) is 5.75 Å².